The van der Waals surface area contributed by atoms with E-state index in [9.17, 15) is 9.59 Å². The fourth-order valence-corrected chi connectivity index (χ4v) is 6.12. The number of rotatable bonds is 38. The van der Waals surface area contributed by atoms with Crippen molar-refractivity contribution >= 4 is 11.9 Å². The summed E-state index contributed by atoms with van der Waals surface area (Å²) in [6, 6.07) is 0. The summed E-state index contributed by atoms with van der Waals surface area (Å²) in [7, 11) is 0. The van der Waals surface area contributed by atoms with Crippen LogP contribution in [0.25, 0.3) is 0 Å². The third-order valence-electron chi connectivity index (χ3n) is 9.43. The van der Waals surface area contributed by atoms with Crippen LogP contribution in [-0.2, 0) is 9.59 Å². The van der Waals surface area contributed by atoms with Crippen molar-refractivity contribution in [3.63, 3.8) is 0 Å². The van der Waals surface area contributed by atoms with Crippen LogP contribution in [0.5, 0.6) is 0 Å². The van der Waals surface area contributed by atoms with Gasteiger partial charge in [-0.1, -0.05) is 192 Å². The van der Waals surface area contributed by atoms with Gasteiger partial charge in [0, 0.05) is 6.42 Å². The van der Waals surface area contributed by atoms with Gasteiger partial charge in [0.1, 0.15) is 0 Å². The van der Waals surface area contributed by atoms with Crippen molar-refractivity contribution in [2.45, 2.75) is 245 Å². The van der Waals surface area contributed by atoms with E-state index in [4.69, 9.17) is 15.3 Å². The van der Waals surface area contributed by atoms with Crippen molar-refractivity contribution in [2.24, 2.45) is 0 Å². The normalized spacial score (nSPS) is 12.1. The van der Waals surface area contributed by atoms with Gasteiger partial charge < -0.3 is 15.3 Å². The van der Waals surface area contributed by atoms with E-state index >= 15 is 0 Å². The zero-order valence-electron chi connectivity index (χ0n) is 32.8. The molecular formula is C44H84O5. The fraction of sp³-hybridized carbons (Fsp3) is 0.864. The summed E-state index contributed by atoms with van der Waals surface area (Å²) in [6.07, 6.45) is 51.3. The fourth-order valence-electron chi connectivity index (χ4n) is 6.12. The summed E-state index contributed by atoms with van der Waals surface area (Å²) >= 11 is 0. The minimum Gasteiger partial charge on any atom is -0.481 e. The lowest BCUT2D eigenvalue weighted by Crippen LogP contribution is -2.18. The van der Waals surface area contributed by atoms with E-state index in [1.807, 2.05) is 0 Å². The topological polar surface area (TPSA) is 94.8 Å². The molecule has 1 unspecified atom stereocenters. The number of aliphatic hydroxyl groups is 1. The average Bonchev–Trinajstić information content (AvgIpc) is 3.08. The van der Waals surface area contributed by atoms with E-state index in [2.05, 4.69) is 38.2 Å². The van der Waals surface area contributed by atoms with Gasteiger partial charge in [-0.2, -0.15) is 0 Å². The zero-order valence-corrected chi connectivity index (χ0v) is 32.8. The molecule has 0 fully saturated rings. The number of unbranched alkanes of at least 4 members (excludes halogenated alkanes) is 29. The lowest BCUT2D eigenvalue weighted by Gasteiger charge is -2.05. The maximum absolute atomic E-state index is 10.5. The highest BCUT2D eigenvalue weighted by molar-refractivity contribution is 5.71. The second-order valence-electron chi connectivity index (χ2n) is 14.4. The van der Waals surface area contributed by atoms with Gasteiger partial charge in [-0.25, -0.2) is 4.79 Å². The van der Waals surface area contributed by atoms with E-state index in [-0.39, 0.29) is 0 Å². The first-order chi connectivity index (χ1) is 24.0. The lowest BCUT2D eigenvalue weighted by atomic mass is 10.0. The van der Waals surface area contributed by atoms with Gasteiger partial charge in [0.05, 0.1) is 0 Å². The second-order valence-corrected chi connectivity index (χ2v) is 14.4. The number of hydrogen-bond donors (Lipinski definition) is 3. The van der Waals surface area contributed by atoms with Crippen LogP contribution in [0.15, 0.2) is 24.3 Å². The van der Waals surface area contributed by atoms with Gasteiger partial charge >= 0.3 is 11.9 Å². The van der Waals surface area contributed by atoms with Crippen LogP contribution >= 0.6 is 0 Å². The van der Waals surface area contributed by atoms with Crippen molar-refractivity contribution in [1.29, 1.82) is 0 Å². The Bertz CT molecular complexity index is 716. The highest BCUT2D eigenvalue weighted by atomic mass is 16.4. The molecule has 0 aliphatic heterocycles. The van der Waals surface area contributed by atoms with Crippen molar-refractivity contribution in [3.8, 4) is 0 Å². The van der Waals surface area contributed by atoms with E-state index in [1.165, 1.54) is 180 Å². The second kappa shape index (κ2) is 44.4. The molecule has 0 spiro atoms. The third kappa shape index (κ3) is 48.5. The molecule has 0 amide bonds. The van der Waals surface area contributed by atoms with Gasteiger partial charge in [-0.05, 0) is 64.2 Å². The lowest BCUT2D eigenvalue weighted by molar-refractivity contribution is -0.147. The Morgan fingerprint density at radius 3 is 0.959 bits per heavy atom. The molecule has 0 aliphatic rings. The standard InChI is InChI=1S/C22H42O3.C22H42O2/c1-2-3-4-5-6-7-8-9-10-11-12-13-14-15-16-17-18-19-20-21(23)22(24)25;1-2-3-4-5-6-7-8-9-10-11-12-13-14-15-16-17-18-19-20-21-22(23)24/h9-10,21,23H,2-8,11-20H2,1H3,(H,24,25);9-10H,2-8,11-21H2,1H3,(H,23,24). The number of aliphatic hydroxyl groups excluding tert-OH is 1. The Kier molecular flexibility index (Phi) is 44.8. The third-order valence-corrected chi connectivity index (χ3v) is 9.43. The van der Waals surface area contributed by atoms with Crippen molar-refractivity contribution in [1.82, 2.24) is 0 Å². The smallest absolute Gasteiger partial charge is 0.332 e. The average molecular weight is 693 g/mol. The van der Waals surface area contributed by atoms with Crippen LogP contribution in [0, 0.1) is 0 Å². The highest BCUT2D eigenvalue weighted by Gasteiger charge is 2.11. The highest BCUT2D eigenvalue weighted by Crippen LogP contribution is 2.14. The van der Waals surface area contributed by atoms with Gasteiger partial charge in [-0.3, -0.25) is 4.79 Å². The van der Waals surface area contributed by atoms with Crippen molar-refractivity contribution in [2.75, 3.05) is 0 Å². The number of aliphatic carboxylic acids is 2. The van der Waals surface area contributed by atoms with Crippen molar-refractivity contribution in [3.05, 3.63) is 24.3 Å². The van der Waals surface area contributed by atoms with Crippen molar-refractivity contribution < 1.29 is 24.9 Å². The minimum atomic E-state index is -1.17. The van der Waals surface area contributed by atoms with Crippen LogP contribution in [0.3, 0.4) is 0 Å². The zero-order chi connectivity index (χ0) is 36.3. The van der Waals surface area contributed by atoms with Gasteiger partial charge in [0.25, 0.3) is 0 Å². The van der Waals surface area contributed by atoms with Gasteiger partial charge in [-0.15, -0.1) is 0 Å². The minimum absolute atomic E-state index is 0.340. The molecular weight excluding hydrogens is 608 g/mol. The number of carboxylic acid groups (broad SMARTS) is 2. The summed E-state index contributed by atoms with van der Waals surface area (Å²) in [4.78, 5) is 20.8. The summed E-state index contributed by atoms with van der Waals surface area (Å²) in [5.41, 5.74) is 0. The predicted molar refractivity (Wildman–Crippen MR) is 213 cm³/mol. The monoisotopic (exact) mass is 693 g/mol. The molecule has 0 radical (unpaired) electrons. The predicted octanol–water partition coefficient (Wildman–Crippen LogP) is 14.3. The van der Waals surface area contributed by atoms with E-state index < -0.39 is 18.0 Å². The molecule has 5 heteroatoms. The molecule has 290 valence electrons. The first-order valence-corrected chi connectivity index (χ1v) is 21.4. The summed E-state index contributed by atoms with van der Waals surface area (Å²) in [6.45, 7) is 4.54. The quantitative estimate of drug-likeness (QED) is 0.0442. The molecule has 0 aromatic carbocycles. The van der Waals surface area contributed by atoms with E-state index in [0.717, 1.165) is 32.1 Å². The van der Waals surface area contributed by atoms with Gasteiger partial charge in [0.15, 0.2) is 6.10 Å². The van der Waals surface area contributed by atoms with Crippen LogP contribution in [0.2, 0.25) is 0 Å². The Hall–Kier alpha value is -1.62. The molecule has 0 bridgehead atoms. The molecule has 0 aromatic heterocycles. The van der Waals surface area contributed by atoms with Gasteiger partial charge in [0.2, 0.25) is 0 Å². The first kappa shape index (κ1) is 49.5. The van der Waals surface area contributed by atoms with Crippen LogP contribution in [-0.4, -0.2) is 33.4 Å². The maximum Gasteiger partial charge on any atom is 0.332 e. The molecule has 0 saturated heterocycles. The van der Waals surface area contributed by atoms with E-state index in [1.54, 1.807) is 0 Å². The number of carbonyl (C=O) groups is 2. The molecule has 49 heavy (non-hydrogen) atoms. The summed E-state index contributed by atoms with van der Waals surface area (Å²) < 4.78 is 0. The SMILES string of the molecule is CCCCCCCCC=CCCCCCCCCCCC(O)C(=O)O.CCCCCCCCC=CCCCCCCCCCCCC(=O)O. The molecule has 0 rings (SSSR count). The molecule has 0 aliphatic carbocycles. The summed E-state index contributed by atoms with van der Waals surface area (Å²) in [5.74, 6) is -1.75. The summed E-state index contributed by atoms with van der Waals surface area (Å²) in [5, 5.41) is 26.3. The molecule has 3 N–H and O–H groups in total. The Morgan fingerprint density at radius 1 is 0.408 bits per heavy atom. The van der Waals surface area contributed by atoms with E-state index in [0.29, 0.717) is 12.8 Å². The van der Waals surface area contributed by atoms with Crippen LogP contribution in [0.1, 0.15) is 239 Å². The maximum atomic E-state index is 10.5. The molecule has 5 nitrogen and oxygen atoms in total. The first-order valence-electron chi connectivity index (χ1n) is 21.4. The number of carboxylic acids is 2. The van der Waals surface area contributed by atoms with Crippen LogP contribution < -0.4 is 0 Å². The Balaban J connectivity index is 0. The number of allylic oxidation sites excluding steroid dienone is 4. The molecule has 0 saturated carbocycles. The molecule has 0 aromatic rings. The number of hydrogen-bond acceptors (Lipinski definition) is 3. The molecule has 0 heterocycles. The largest absolute Gasteiger partial charge is 0.481 e. The Labute approximate surface area is 305 Å². The Morgan fingerprint density at radius 2 is 0.673 bits per heavy atom. The van der Waals surface area contributed by atoms with Crippen LogP contribution in [0.4, 0.5) is 0 Å². The molecule has 1 atom stereocenters.